The Balaban J connectivity index is 0.962. The minimum absolute atomic E-state index is 0.214. The first-order chi connectivity index (χ1) is 29.7. The predicted molar refractivity (Wildman–Crippen MR) is 255 cm³/mol. The summed E-state index contributed by atoms with van der Waals surface area (Å²) in [5.41, 5.74) is 15.6. The maximum atomic E-state index is 2.47. The van der Waals surface area contributed by atoms with Crippen molar-refractivity contribution in [1.82, 2.24) is 4.57 Å². The van der Waals surface area contributed by atoms with Crippen LogP contribution in [-0.4, -0.2) is 10.6 Å². The lowest BCUT2D eigenvalue weighted by Crippen LogP contribution is -2.29. The van der Waals surface area contributed by atoms with E-state index in [-0.39, 0.29) is 6.04 Å². The van der Waals surface area contributed by atoms with E-state index in [2.05, 4.69) is 246 Å². The summed E-state index contributed by atoms with van der Waals surface area (Å²) in [7, 11) is 0. The molecule has 2 nitrogen and oxygen atoms in total. The van der Waals surface area contributed by atoms with E-state index >= 15 is 0 Å². The predicted octanol–water partition coefficient (Wildman–Crippen LogP) is 15.6. The summed E-state index contributed by atoms with van der Waals surface area (Å²) in [5, 5.41) is 5.00. The third-order valence-electron chi connectivity index (χ3n) is 12.1. The first-order valence-corrected chi connectivity index (χ1v) is 20.9. The van der Waals surface area contributed by atoms with Crippen LogP contribution in [-0.2, 0) is 0 Å². The first-order valence-electron chi connectivity index (χ1n) is 20.9. The first kappa shape index (κ1) is 35.5. The topological polar surface area (TPSA) is 8.17 Å². The Hall–Kier alpha value is -7.68. The normalized spacial score (nSPS) is 13.6. The fraction of sp³-hybridized carbons (Fsp3) is 0.0345. The number of aromatic nitrogens is 1. The molecule has 0 amide bonds. The zero-order chi connectivity index (χ0) is 39.8. The highest BCUT2D eigenvalue weighted by atomic mass is 15.2. The average Bonchev–Trinajstić information content (AvgIpc) is 3.67. The van der Waals surface area contributed by atoms with Crippen LogP contribution in [0.15, 0.2) is 237 Å². The molecule has 0 radical (unpaired) electrons. The van der Waals surface area contributed by atoms with Gasteiger partial charge in [0.25, 0.3) is 0 Å². The van der Waals surface area contributed by atoms with Gasteiger partial charge in [-0.1, -0.05) is 182 Å². The molecule has 2 heteroatoms. The van der Waals surface area contributed by atoms with Crippen LogP contribution >= 0.6 is 0 Å². The number of anilines is 2. The van der Waals surface area contributed by atoms with Crippen LogP contribution in [0, 0.1) is 0 Å². The SMILES string of the molecule is C1=CCC(N(c2ccc(-c3cccc(-c4ccccc4)c3)cc2)c2ccc(-c3ccc4c(c3)c3ccc5ccccc5c3n4-c3cccc(-c4ccccc4)c3)cc2)C=C1. The summed E-state index contributed by atoms with van der Waals surface area (Å²) in [5.74, 6) is 0. The standard InChI is InChI=1S/C58H42N2/c1-4-14-41(15-5-1)46-19-12-20-47(38-46)43-26-32-51(33-27-43)59(50-22-8-3-9-23-50)52-34-28-44(29-35-52)49-31-37-57-56(40-49)55-36-30-45-18-10-11-25-54(45)58(55)60(57)53-24-13-21-48(39-53)42-16-6-2-7-17-42/h1-22,24-40,50H,23H2. The van der Waals surface area contributed by atoms with Crippen LogP contribution in [0.4, 0.5) is 11.4 Å². The van der Waals surface area contributed by atoms with E-state index in [0.717, 1.165) is 12.1 Å². The van der Waals surface area contributed by atoms with Gasteiger partial charge < -0.3 is 9.47 Å². The summed E-state index contributed by atoms with van der Waals surface area (Å²) in [6.07, 6.45) is 9.85. The third-order valence-corrected chi connectivity index (χ3v) is 12.1. The molecule has 0 bridgehead atoms. The fourth-order valence-corrected chi connectivity index (χ4v) is 9.11. The summed E-state index contributed by atoms with van der Waals surface area (Å²) in [6.45, 7) is 0. The Morgan fingerprint density at radius 2 is 0.933 bits per heavy atom. The van der Waals surface area contributed by atoms with E-state index in [9.17, 15) is 0 Å². The maximum Gasteiger partial charge on any atom is 0.0619 e. The number of allylic oxidation sites excluding steroid dienone is 2. The Bertz CT molecular complexity index is 3210. The molecule has 1 aliphatic rings. The van der Waals surface area contributed by atoms with Crippen molar-refractivity contribution in [3.8, 4) is 50.2 Å². The van der Waals surface area contributed by atoms with Gasteiger partial charge in [-0.2, -0.15) is 0 Å². The van der Waals surface area contributed by atoms with E-state index in [1.165, 1.54) is 88.5 Å². The molecule has 1 unspecified atom stereocenters. The molecule has 11 rings (SSSR count). The second-order valence-corrected chi connectivity index (χ2v) is 15.7. The molecule has 1 atom stereocenters. The van der Waals surface area contributed by atoms with E-state index in [1.54, 1.807) is 0 Å². The summed E-state index contributed by atoms with van der Waals surface area (Å²) >= 11 is 0. The summed E-state index contributed by atoms with van der Waals surface area (Å²) in [6, 6.07) is 77.8. The molecule has 10 aromatic rings. The molecule has 0 N–H and O–H groups in total. The van der Waals surface area contributed by atoms with Gasteiger partial charge in [0.1, 0.15) is 0 Å². The smallest absolute Gasteiger partial charge is 0.0619 e. The molecule has 0 spiro atoms. The zero-order valence-electron chi connectivity index (χ0n) is 33.2. The molecular weight excluding hydrogens is 725 g/mol. The number of benzene rings is 9. The number of hydrogen-bond donors (Lipinski definition) is 0. The molecule has 1 aliphatic carbocycles. The molecule has 0 saturated heterocycles. The number of rotatable bonds is 8. The molecule has 0 fully saturated rings. The van der Waals surface area contributed by atoms with Crippen LogP contribution < -0.4 is 4.90 Å². The van der Waals surface area contributed by atoms with Crippen molar-refractivity contribution in [3.05, 3.63) is 237 Å². The molecule has 0 saturated carbocycles. The van der Waals surface area contributed by atoms with Crippen molar-refractivity contribution >= 4 is 44.0 Å². The van der Waals surface area contributed by atoms with Crippen LogP contribution in [0.25, 0.3) is 82.8 Å². The van der Waals surface area contributed by atoms with Crippen molar-refractivity contribution < 1.29 is 0 Å². The Kier molecular flexibility index (Phi) is 9.02. The molecule has 1 aromatic heterocycles. The quantitative estimate of drug-likeness (QED) is 0.150. The van der Waals surface area contributed by atoms with Crippen LogP contribution in [0.2, 0.25) is 0 Å². The maximum absolute atomic E-state index is 2.47. The average molecular weight is 767 g/mol. The minimum atomic E-state index is 0.214. The number of hydrogen-bond acceptors (Lipinski definition) is 1. The lowest BCUT2D eigenvalue weighted by atomic mass is 9.98. The molecule has 284 valence electrons. The number of fused-ring (bicyclic) bond motifs is 5. The summed E-state index contributed by atoms with van der Waals surface area (Å²) in [4.78, 5) is 2.47. The lowest BCUT2D eigenvalue weighted by Gasteiger charge is -2.33. The van der Waals surface area contributed by atoms with Crippen LogP contribution in [0.5, 0.6) is 0 Å². The Morgan fingerprint density at radius 1 is 0.383 bits per heavy atom. The molecule has 60 heavy (non-hydrogen) atoms. The number of nitrogens with zero attached hydrogens (tertiary/aromatic N) is 2. The highest BCUT2D eigenvalue weighted by Gasteiger charge is 2.21. The third kappa shape index (κ3) is 6.49. The largest absolute Gasteiger partial charge is 0.334 e. The van der Waals surface area contributed by atoms with Gasteiger partial charge in [-0.15, -0.1) is 0 Å². The van der Waals surface area contributed by atoms with Gasteiger partial charge in [0.15, 0.2) is 0 Å². The Labute approximate surface area is 351 Å². The molecule has 1 heterocycles. The highest BCUT2D eigenvalue weighted by molar-refractivity contribution is 6.19. The van der Waals surface area contributed by atoms with Gasteiger partial charge in [0.05, 0.1) is 17.1 Å². The van der Waals surface area contributed by atoms with Crippen molar-refractivity contribution in [3.63, 3.8) is 0 Å². The van der Waals surface area contributed by atoms with E-state index in [0.29, 0.717) is 0 Å². The van der Waals surface area contributed by atoms with Gasteiger partial charge in [-0.3, -0.25) is 0 Å². The van der Waals surface area contributed by atoms with Gasteiger partial charge in [-0.25, -0.2) is 0 Å². The monoisotopic (exact) mass is 766 g/mol. The molecule has 9 aromatic carbocycles. The van der Waals surface area contributed by atoms with Crippen molar-refractivity contribution in [2.75, 3.05) is 4.90 Å². The fourth-order valence-electron chi connectivity index (χ4n) is 9.11. The second-order valence-electron chi connectivity index (χ2n) is 15.7. The van der Waals surface area contributed by atoms with E-state index in [1.807, 2.05) is 0 Å². The van der Waals surface area contributed by atoms with Crippen molar-refractivity contribution in [1.29, 1.82) is 0 Å². The zero-order valence-corrected chi connectivity index (χ0v) is 33.2. The van der Waals surface area contributed by atoms with Crippen LogP contribution in [0.1, 0.15) is 6.42 Å². The van der Waals surface area contributed by atoms with Gasteiger partial charge in [-0.05, 0) is 111 Å². The van der Waals surface area contributed by atoms with Crippen molar-refractivity contribution in [2.24, 2.45) is 0 Å². The van der Waals surface area contributed by atoms with E-state index in [4.69, 9.17) is 0 Å². The van der Waals surface area contributed by atoms with Gasteiger partial charge in [0.2, 0.25) is 0 Å². The van der Waals surface area contributed by atoms with Crippen LogP contribution in [0.3, 0.4) is 0 Å². The minimum Gasteiger partial charge on any atom is -0.334 e. The van der Waals surface area contributed by atoms with E-state index < -0.39 is 0 Å². The second kappa shape index (κ2) is 15.2. The lowest BCUT2D eigenvalue weighted by molar-refractivity contribution is 0.785. The van der Waals surface area contributed by atoms with Gasteiger partial charge >= 0.3 is 0 Å². The summed E-state index contributed by atoms with van der Waals surface area (Å²) < 4.78 is 2.46. The Morgan fingerprint density at radius 3 is 1.58 bits per heavy atom. The van der Waals surface area contributed by atoms with Gasteiger partial charge in [0, 0.05) is 33.2 Å². The molecule has 0 aliphatic heterocycles. The van der Waals surface area contributed by atoms with Crippen molar-refractivity contribution in [2.45, 2.75) is 12.5 Å². The molecular formula is C58H42N2. The highest BCUT2D eigenvalue weighted by Crippen LogP contribution is 2.40.